The van der Waals surface area contributed by atoms with Gasteiger partial charge in [0.1, 0.15) is 5.78 Å². The van der Waals surface area contributed by atoms with Crippen molar-refractivity contribution < 1.29 is 33.9 Å². The maximum absolute atomic E-state index is 14.2. The number of amides is 3. The minimum atomic E-state index is -1.15. The predicted molar refractivity (Wildman–Crippen MR) is 223 cm³/mol. The van der Waals surface area contributed by atoms with Crippen LogP contribution in [0.1, 0.15) is 116 Å². The van der Waals surface area contributed by atoms with Gasteiger partial charge in [-0.1, -0.05) is 86.8 Å². The summed E-state index contributed by atoms with van der Waals surface area (Å²) in [7, 11) is 0. The third kappa shape index (κ3) is 16.3. The van der Waals surface area contributed by atoms with Crippen LogP contribution in [0.15, 0.2) is 60.7 Å². The second kappa shape index (κ2) is 24.5. The van der Waals surface area contributed by atoms with E-state index in [1.54, 1.807) is 6.92 Å². The van der Waals surface area contributed by atoms with Crippen molar-refractivity contribution in [2.24, 2.45) is 29.4 Å². The van der Waals surface area contributed by atoms with Gasteiger partial charge in [-0.15, -0.1) is 0 Å². The first-order chi connectivity index (χ1) is 27.2. The van der Waals surface area contributed by atoms with Gasteiger partial charge in [0.15, 0.2) is 11.6 Å². The molecule has 0 unspecified atom stereocenters. The average molecular weight is 789 g/mol. The summed E-state index contributed by atoms with van der Waals surface area (Å²) in [5.74, 6) is -5.02. The van der Waals surface area contributed by atoms with E-state index < -0.39 is 53.5 Å². The predicted octanol–water partition coefficient (Wildman–Crippen LogP) is 5.53. The Bertz CT molecular complexity index is 1580. The Morgan fingerprint density at radius 1 is 0.737 bits per heavy atom. The number of unbranched alkanes of at least 4 members (excludes halogenated alkanes) is 1. The van der Waals surface area contributed by atoms with Crippen LogP contribution in [0.2, 0.25) is 0 Å². The molecular weight excluding hydrogens is 721 g/mol. The number of nitrogens with zero attached hydrogens (tertiary/aromatic N) is 1. The van der Waals surface area contributed by atoms with E-state index in [4.69, 9.17) is 5.73 Å². The van der Waals surface area contributed by atoms with Crippen LogP contribution in [0, 0.1) is 23.7 Å². The minimum absolute atomic E-state index is 0.0448. The highest BCUT2D eigenvalue weighted by molar-refractivity contribution is 5.96. The van der Waals surface area contributed by atoms with E-state index in [2.05, 4.69) is 36.3 Å². The summed E-state index contributed by atoms with van der Waals surface area (Å²) in [5.41, 5.74) is 7.27. The quantitative estimate of drug-likeness (QED) is 0.0900. The second-order valence-corrected chi connectivity index (χ2v) is 16.4. The highest BCUT2D eigenvalue weighted by atomic mass is 16.3. The van der Waals surface area contributed by atoms with Gasteiger partial charge >= 0.3 is 0 Å². The third-order valence-corrected chi connectivity index (χ3v) is 11.6. The van der Waals surface area contributed by atoms with Crippen molar-refractivity contribution in [2.45, 2.75) is 142 Å². The Morgan fingerprint density at radius 3 is 1.79 bits per heavy atom. The highest BCUT2D eigenvalue weighted by Gasteiger charge is 2.34. The highest BCUT2D eigenvalue weighted by Crippen LogP contribution is 2.28. The summed E-state index contributed by atoms with van der Waals surface area (Å²) >= 11 is 0. The second-order valence-electron chi connectivity index (χ2n) is 16.4. The molecule has 6 atom stereocenters. The molecule has 0 heterocycles. The SMILES string of the molecule is CCN(CCCC[C@H](NC(=O)[C@@H](CC(=O)[C@H](C)NC(=O)[C@@H](CC(=O)C1CCCCC1)Cc1ccccc1)Cc1ccccc1)C(=O)C[C@H](C(N)=O)[C@H](C)O)C(C)C. The molecule has 2 aromatic carbocycles. The van der Waals surface area contributed by atoms with Crippen LogP contribution >= 0.6 is 0 Å². The number of aliphatic hydroxyl groups excluding tert-OH is 1. The average Bonchev–Trinajstić information content (AvgIpc) is 3.19. The lowest BCUT2D eigenvalue weighted by atomic mass is 9.81. The van der Waals surface area contributed by atoms with Crippen molar-refractivity contribution in [1.29, 1.82) is 0 Å². The van der Waals surface area contributed by atoms with E-state index in [1.807, 2.05) is 60.7 Å². The number of nitrogens with two attached hydrogens (primary N) is 1. The molecule has 1 aliphatic carbocycles. The van der Waals surface area contributed by atoms with Gasteiger partial charge in [0.05, 0.1) is 24.1 Å². The van der Waals surface area contributed by atoms with Gasteiger partial charge in [0, 0.05) is 43.1 Å². The number of hydrogen-bond donors (Lipinski definition) is 4. The Morgan fingerprint density at radius 2 is 1.28 bits per heavy atom. The number of Topliss-reactive ketones (excluding diaryl/α,β-unsaturated/α-hetero) is 3. The Hall–Kier alpha value is -4.22. The van der Waals surface area contributed by atoms with Crippen LogP contribution in [-0.4, -0.2) is 82.4 Å². The lowest BCUT2D eigenvalue weighted by Crippen LogP contribution is -2.48. The van der Waals surface area contributed by atoms with Crippen LogP contribution in [0.3, 0.4) is 0 Å². The fourth-order valence-electron chi connectivity index (χ4n) is 7.89. The maximum atomic E-state index is 14.2. The molecule has 3 rings (SSSR count). The van der Waals surface area contributed by atoms with Gasteiger partial charge in [0.2, 0.25) is 17.7 Å². The number of benzene rings is 2. The van der Waals surface area contributed by atoms with Gasteiger partial charge in [-0.05, 0) is 96.9 Å². The van der Waals surface area contributed by atoms with Crippen LogP contribution < -0.4 is 16.4 Å². The Kier molecular flexibility index (Phi) is 20.3. The van der Waals surface area contributed by atoms with Gasteiger partial charge in [-0.3, -0.25) is 28.8 Å². The van der Waals surface area contributed by atoms with Gasteiger partial charge < -0.3 is 26.4 Å². The largest absolute Gasteiger partial charge is 0.393 e. The summed E-state index contributed by atoms with van der Waals surface area (Å²) in [6.45, 7) is 11.0. The fraction of sp³-hybridized carbons (Fsp3) is 0.609. The zero-order valence-electron chi connectivity index (χ0n) is 34.9. The molecule has 1 saturated carbocycles. The van der Waals surface area contributed by atoms with Crippen molar-refractivity contribution in [3.63, 3.8) is 0 Å². The fourth-order valence-corrected chi connectivity index (χ4v) is 7.89. The molecule has 0 radical (unpaired) electrons. The van der Waals surface area contributed by atoms with Crippen LogP contribution in [0.5, 0.6) is 0 Å². The number of carbonyl (C=O) groups is 6. The summed E-state index contributed by atoms with van der Waals surface area (Å²) in [6.07, 6.45) is 5.52. The molecule has 314 valence electrons. The van der Waals surface area contributed by atoms with E-state index in [0.717, 1.165) is 62.7 Å². The Balaban J connectivity index is 1.79. The molecule has 0 saturated heterocycles. The third-order valence-electron chi connectivity index (χ3n) is 11.6. The van der Waals surface area contributed by atoms with Crippen molar-refractivity contribution in [3.05, 3.63) is 71.8 Å². The standard InChI is InChI=1S/C46H68N4O7/c1-6-50(31(2)3)25-17-16-24-40(43(54)30-39(33(5)51)44(47)55)49-46(57)37(26-34-18-10-7-11-19-34)28-41(52)32(4)48-45(56)38(27-35-20-12-8-13-21-35)29-42(53)36-22-14-9-15-23-36/h7-8,10-13,18-21,31-33,36-40,51H,6,9,14-17,22-30H2,1-5H3,(H2,47,55)(H,48,56)(H,49,57)/t32-,33-,37+,38+,39-,40-/m0/s1. The summed E-state index contributed by atoms with van der Waals surface area (Å²) in [4.78, 5) is 83.4. The number of nitrogens with one attached hydrogen (secondary N) is 2. The number of primary amides is 1. The minimum Gasteiger partial charge on any atom is -0.393 e. The first-order valence-corrected chi connectivity index (χ1v) is 21.2. The lowest BCUT2D eigenvalue weighted by Gasteiger charge is -2.26. The van der Waals surface area contributed by atoms with Crippen molar-refractivity contribution in [2.75, 3.05) is 13.1 Å². The van der Waals surface area contributed by atoms with Gasteiger partial charge in [-0.25, -0.2) is 0 Å². The van der Waals surface area contributed by atoms with Crippen LogP contribution in [-0.2, 0) is 41.6 Å². The molecule has 3 amide bonds. The number of aliphatic hydroxyl groups is 1. The van der Waals surface area contributed by atoms with Crippen molar-refractivity contribution in [1.82, 2.24) is 15.5 Å². The summed E-state index contributed by atoms with van der Waals surface area (Å²) in [6, 6.07) is 17.3. The topological polar surface area (TPSA) is 176 Å². The number of hydrogen-bond acceptors (Lipinski definition) is 8. The lowest BCUT2D eigenvalue weighted by molar-refractivity contribution is -0.135. The first kappa shape index (κ1) is 47.2. The van der Waals surface area contributed by atoms with E-state index in [-0.39, 0.29) is 49.1 Å². The molecule has 0 aliphatic heterocycles. The molecule has 11 heteroatoms. The normalized spacial score (nSPS) is 16.6. The number of rotatable bonds is 26. The molecule has 1 aliphatic rings. The molecule has 0 bridgehead atoms. The van der Waals surface area contributed by atoms with E-state index >= 15 is 0 Å². The number of carbonyl (C=O) groups excluding carboxylic acids is 6. The summed E-state index contributed by atoms with van der Waals surface area (Å²) < 4.78 is 0. The molecule has 2 aromatic rings. The molecular formula is C46H68N4O7. The molecule has 1 fully saturated rings. The van der Waals surface area contributed by atoms with Crippen LogP contribution in [0.4, 0.5) is 0 Å². The summed E-state index contributed by atoms with van der Waals surface area (Å²) in [5, 5.41) is 16.0. The molecule has 57 heavy (non-hydrogen) atoms. The van der Waals surface area contributed by atoms with Gasteiger partial charge in [0.25, 0.3) is 0 Å². The molecule has 0 aromatic heterocycles. The first-order valence-electron chi connectivity index (χ1n) is 21.2. The molecule has 0 spiro atoms. The van der Waals surface area contributed by atoms with E-state index in [9.17, 15) is 33.9 Å². The zero-order valence-corrected chi connectivity index (χ0v) is 34.9. The monoisotopic (exact) mass is 789 g/mol. The van der Waals surface area contributed by atoms with E-state index in [0.29, 0.717) is 25.3 Å². The molecule has 11 nitrogen and oxygen atoms in total. The maximum Gasteiger partial charge on any atom is 0.224 e. The zero-order chi connectivity index (χ0) is 41.9. The van der Waals surface area contributed by atoms with Crippen molar-refractivity contribution >= 4 is 35.1 Å². The van der Waals surface area contributed by atoms with E-state index in [1.165, 1.54) is 6.92 Å². The number of ketones is 3. The smallest absolute Gasteiger partial charge is 0.224 e. The van der Waals surface area contributed by atoms with Gasteiger partial charge in [-0.2, -0.15) is 0 Å². The van der Waals surface area contributed by atoms with Crippen LogP contribution in [0.25, 0.3) is 0 Å². The molecule has 5 N–H and O–H groups in total. The Labute approximate surface area is 340 Å². The van der Waals surface area contributed by atoms with Crippen molar-refractivity contribution in [3.8, 4) is 0 Å².